The molecule has 1 atom stereocenters. The number of sulfonamides is 1. The minimum atomic E-state index is -4.29. The molecular formula is C34H34Cl2FN3O4S. The second-order valence-electron chi connectivity index (χ2n) is 10.6. The maximum absolute atomic E-state index is 14.4. The lowest BCUT2D eigenvalue weighted by Crippen LogP contribution is -2.53. The van der Waals surface area contributed by atoms with Gasteiger partial charge in [0.25, 0.3) is 10.0 Å². The van der Waals surface area contributed by atoms with Gasteiger partial charge in [0.1, 0.15) is 18.4 Å². The smallest absolute Gasteiger partial charge is 0.264 e. The van der Waals surface area contributed by atoms with Crippen LogP contribution in [0.5, 0.6) is 0 Å². The third-order valence-corrected chi connectivity index (χ3v) is 9.69. The number of amides is 2. The average molecular weight is 671 g/mol. The van der Waals surface area contributed by atoms with E-state index in [0.717, 1.165) is 27.6 Å². The molecule has 0 spiro atoms. The lowest BCUT2D eigenvalue weighted by molar-refractivity contribution is -0.140. The molecular weight excluding hydrogens is 636 g/mol. The molecule has 0 saturated carbocycles. The van der Waals surface area contributed by atoms with Gasteiger partial charge in [0, 0.05) is 19.5 Å². The number of nitrogens with one attached hydrogen (secondary N) is 1. The van der Waals surface area contributed by atoms with Gasteiger partial charge in [-0.2, -0.15) is 0 Å². The fourth-order valence-electron chi connectivity index (χ4n) is 4.73. The molecule has 0 heterocycles. The number of anilines is 1. The highest BCUT2D eigenvalue weighted by Gasteiger charge is 2.34. The average Bonchev–Trinajstić information content (AvgIpc) is 3.03. The molecule has 0 aliphatic carbocycles. The molecule has 0 unspecified atom stereocenters. The van der Waals surface area contributed by atoms with Crippen LogP contribution in [0.3, 0.4) is 0 Å². The molecule has 4 aromatic carbocycles. The minimum Gasteiger partial charge on any atom is -0.354 e. The fraction of sp³-hybridized carbons (Fsp3) is 0.235. The summed E-state index contributed by atoms with van der Waals surface area (Å²) in [5, 5.41) is 3.49. The Morgan fingerprint density at radius 1 is 0.867 bits per heavy atom. The summed E-state index contributed by atoms with van der Waals surface area (Å²) in [6.07, 6.45) is 0.850. The Morgan fingerprint density at radius 2 is 1.53 bits per heavy atom. The van der Waals surface area contributed by atoms with Gasteiger partial charge >= 0.3 is 0 Å². The lowest BCUT2D eigenvalue weighted by Gasteiger charge is -2.34. The first-order chi connectivity index (χ1) is 21.5. The van der Waals surface area contributed by atoms with Gasteiger partial charge in [-0.1, -0.05) is 84.2 Å². The minimum absolute atomic E-state index is 0.0391. The van der Waals surface area contributed by atoms with Gasteiger partial charge in [0.15, 0.2) is 0 Å². The molecule has 4 aromatic rings. The Hall–Kier alpha value is -3.92. The van der Waals surface area contributed by atoms with Crippen LogP contribution in [0.1, 0.15) is 30.0 Å². The quantitative estimate of drug-likeness (QED) is 0.170. The van der Waals surface area contributed by atoms with Crippen molar-refractivity contribution in [3.8, 4) is 0 Å². The van der Waals surface area contributed by atoms with Crippen LogP contribution >= 0.6 is 23.2 Å². The third kappa shape index (κ3) is 8.84. The maximum Gasteiger partial charge on any atom is 0.264 e. The van der Waals surface area contributed by atoms with E-state index in [1.165, 1.54) is 29.2 Å². The van der Waals surface area contributed by atoms with E-state index in [9.17, 15) is 22.4 Å². The van der Waals surface area contributed by atoms with E-state index in [2.05, 4.69) is 5.32 Å². The maximum atomic E-state index is 14.4. The van der Waals surface area contributed by atoms with E-state index in [1.54, 1.807) is 30.3 Å². The molecule has 236 valence electrons. The van der Waals surface area contributed by atoms with Crippen LogP contribution < -0.4 is 9.62 Å². The molecule has 45 heavy (non-hydrogen) atoms. The predicted octanol–water partition coefficient (Wildman–Crippen LogP) is 6.80. The molecule has 4 rings (SSSR count). The van der Waals surface area contributed by atoms with Gasteiger partial charge in [0.05, 0.1) is 20.6 Å². The monoisotopic (exact) mass is 669 g/mol. The molecule has 7 nitrogen and oxygen atoms in total. The SMILES string of the molecule is CCCNC(=O)[C@@H](Cc1ccccc1)N(Cc1ccc(Cl)c(Cl)c1)C(=O)CN(c1ccc(F)cc1)S(=O)(=O)c1ccc(C)cc1. The predicted molar refractivity (Wildman–Crippen MR) is 176 cm³/mol. The largest absolute Gasteiger partial charge is 0.354 e. The molecule has 0 aliphatic heterocycles. The van der Waals surface area contributed by atoms with E-state index in [0.29, 0.717) is 23.6 Å². The number of carbonyl (C=O) groups is 2. The van der Waals surface area contributed by atoms with Crippen molar-refractivity contribution >= 4 is 50.7 Å². The van der Waals surface area contributed by atoms with Crippen molar-refractivity contribution < 1.29 is 22.4 Å². The Balaban J connectivity index is 1.80. The van der Waals surface area contributed by atoms with Gasteiger partial charge in [-0.3, -0.25) is 13.9 Å². The molecule has 0 fully saturated rings. The van der Waals surface area contributed by atoms with E-state index < -0.39 is 34.3 Å². The summed E-state index contributed by atoms with van der Waals surface area (Å²) >= 11 is 12.4. The summed E-state index contributed by atoms with van der Waals surface area (Å²) in [5.41, 5.74) is 2.35. The number of carbonyl (C=O) groups excluding carboxylic acids is 2. The summed E-state index contributed by atoms with van der Waals surface area (Å²) in [7, 11) is -4.29. The highest BCUT2D eigenvalue weighted by Crippen LogP contribution is 2.27. The van der Waals surface area contributed by atoms with Crippen molar-refractivity contribution in [2.75, 3.05) is 17.4 Å². The first-order valence-corrected chi connectivity index (χ1v) is 16.6. The molecule has 11 heteroatoms. The Morgan fingerprint density at radius 3 is 2.16 bits per heavy atom. The van der Waals surface area contributed by atoms with Gasteiger partial charge in [0.2, 0.25) is 11.8 Å². The Kier molecular flexibility index (Phi) is 11.6. The van der Waals surface area contributed by atoms with Crippen molar-refractivity contribution in [2.24, 2.45) is 0 Å². The molecule has 0 aliphatic rings. The van der Waals surface area contributed by atoms with Crippen LogP contribution in [0.15, 0.2) is 102 Å². The summed E-state index contributed by atoms with van der Waals surface area (Å²) in [5.74, 6) is -1.59. The zero-order valence-electron chi connectivity index (χ0n) is 24.9. The van der Waals surface area contributed by atoms with Crippen molar-refractivity contribution in [3.63, 3.8) is 0 Å². The second-order valence-corrected chi connectivity index (χ2v) is 13.2. The molecule has 1 N–H and O–H groups in total. The van der Waals surface area contributed by atoms with E-state index in [1.807, 2.05) is 44.2 Å². The summed E-state index contributed by atoms with van der Waals surface area (Å²) in [6.45, 7) is 3.42. The van der Waals surface area contributed by atoms with Crippen LogP contribution in [-0.2, 0) is 32.6 Å². The second kappa shape index (κ2) is 15.4. The normalized spacial score (nSPS) is 11.9. The fourth-order valence-corrected chi connectivity index (χ4v) is 6.46. The number of hydrogen-bond acceptors (Lipinski definition) is 4. The van der Waals surface area contributed by atoms with E-state index >= 15 is 0 Å². The first-order valence-electron chi connectivity index (χ1n) is 14.4. The van der Waals surface area contributed by atoms with Crippen LogP contribution in [0.4, 0.5) is 10.1 Å². The highest BCUT2D eigenvalue weighted by atomic mass is 35.5. The summed E-state index contributed by atoms with van der Waals surface area (Å²) < 4.78 is 42.9. The van der Waals surface area contributed by atoms with Gasteiger partial charge in [-0.15, -0.1) is 0 Å². The van der Waals surface area contributed by atoms with E-state index in [4.69, 9.17) is 23.2 Å². The van der Waals surface area contributed by atoms with Crippen LogP contribution in [0, 0.1) is 12.7 Å². The van der Waals surface area contributed by atoms with Crippen molar-refractivity contribution in [1.29, 1.82) is 0 Å². The van der Waals surface area contributed by atoms with Gasteiger partial charge in [-0.25, -0.2) is 12.8 Å². The zero-order chi connectivity index (χ0) is 32.6. The summed E-state index contributed by atoms with van der Waals surface area (Å²) in [4.78, 5) is 29.4. The number of benzene rings is 4. The van der Waals surface area contributed by atoms with Crippen molar-refractivity contribution in [3.05, 3.63) is 130 Å². The van der Waals surface area contributed by atoms with E-state index in [-0.39, 0.29) is 34.5 Å². The number of aryl methyl sites for hydroxylation is 1. The highest BCUT2D eigenvalue weighted by molar-refractivity contribution is 7.92. The van der Waals surface area contributed by atoms with Crippen LogP contribution in [-0.4, -0.2) is 44.3 Å². The van der Waals surface area contributed by atoms with Crippen LogP contribution in [0.25, 0.3) is 0 Å². The van der Waals surface area contributed by atoms with Gasteiger partial charge in [-0.05, 0) is 73.0 Å². The third-order valence-electron chi connectivity index (χ3n) is 7.16. The topological polar surface area (TPSA) is 86.8 Å². The summed E-state index contributed by atoms with van der Waals surface area (Å²) in [6, 6.07) is 24.2. The first kappa shape index (κ1) is 34.0. The number of halogens is 3. The lowest BCUT2D eigenvalue weighted by atomic mass is 10.0. The molecule has 0 aromatic heterocycles. The number of rotatable bonds is 13. The Labute approximate surface area is 273 Å². The molecule has 0 bridgehead atoms. The molecule has 0 saturated heterocycles. The van der Waals surface area contributed by atoms with Gasteiger partial charge < -0.3 is 10.2 Å². The number of nitrogens with zero attached hydrogens (tertiary/aromatic N) is 2. The zero-order valence-corrected chi connectivity index (χ0v) is 27.2. The Bertz CT molecular complexity index is 1720. The van der Waals surface area contributed by atoms with Crippen molar-refractivity contribution in [2.45, 2.75) is 44.2 Å². The van der Waals surface area contributed by atoms with Crippen molar-refractivity contribution in [1.82, 2.24) is 10.2 Å². The number of hydrogen-bond donors (Lipinski definition) is 1. The standard InChI is InChI=1S/C34H34Cl2FN3O4S/c1-3-19-38-34(42)32(21-25-7-5-4-6-8-25)39(22-26-11-18-30(35)31(36)20-26)33(41)23-40(28-14-12-27(37)13-15-28)45(43,44)29-16-9-24(2)10-17-29/h4-18,20,32H,3,19,21-23H2,1-2H3,(H,38,42)/t32-/m1/s1. The van der Waals surface area contributed by atoms with Crippen LogP contribution in [0.2, 0.25) is 10.0 Å². The molecule has 2 amide bonds. The molecule has 0 radical (unpaired) electrons.